The molecule has 0 heterocycles. The van der Waals surface area contributed by atoms with Crippen LogP contribution in [0.3, 0.4) is 0 Å². The Morgan fingerprint density at radius 3 is 2.41 bits per heavy atom. The van der Waals surface area contributed by atoms with Crippen LogP contribution < -0.4 is 0 Å². The van der Waals surface area contributed by atoms with Crippen molar-refractivity contribution in [3.8, 4) is 0 Å². The molecule has 2 heteroatoms. The molecule has 1 N–H and O–H groups in total. The Morgan fingerprint density at radius 1 is 1.29 bits per heavy atom. The van der Waals surface area contributed by atoms with Gasteiger partial charge in [0.25, 0.3) is 0 Å². The van der Waals surface area contributed by atoms with E-state index < -0.39 is 0 Å². The molecule has 0 saturated heterocycles. The van der Waals surface area contributed by atoms with Gasteiger partial charge in [-0.15, -0.1) is 0 Å². The highest BCUT2D eigenvalue weighted by Gasteiger charge is 2.12. The highest BCUT2D eigenvalue weighted by atomic mass is 15.1. The normalized spacial score (nSPS) is 12.7. The molecule has 2 nitrogen and oxygen atoms in total. The van der Waals surface area contributed by atoms with Gasteiger partial charge >= 0.3 is 0 Å². The summed E-state index contributed by atoms with van der Waals surface area (Å²) in [5.74, 6) is 0. The second-order valence-corrected chi connectivity index (χ2v) is 4.46. The van der Waals surface area contributed by atoms with Gasteiger partial charge in [-0.05, 0) is 31.6 Å². The molecule has 0 saturated carbocycles. The van der Waals surface area contributed by atoms with Crippen molar-refractivity contribution in [1.82, 2.24) is 4.90 Å². The fourth-order valence-corrected chi connectivity index (χ4v) is 2.19. The van der Waals surface area contributed by atoms with Crippen LogP contribution in [0.1, 0.15) is 32.8 Å². The van der Waals surface area contributed by atoms with Gasteiger partial charge in [0.05, 0.1) is 0 Å². The number of rotatable bonds is 7. The van der Waals surface area contributed by atoms with E-state index in [1.54, 1.807) is 0 Å². The molecule has 0 fully saturated rings. The third kappa shape index (κ3) is 4.70. The fraction of sp³-hybridized carbons (Fsp3) is 0.533. The minimum atomic E-state index is 0.466. The van der Waals surface area contributed by atoms with E-state index in [2.05, 4.69) is 31.7 Å². The van der Waals surface area contributed by atoms with E-state index in [-0.39, 0.29) is 0 Å². The van der Waals surface area contributed by atoms with E-state index in [1.807, 2.05) is 24.3 Å². The van der Waals surface area contributed by atoms with E-state index in [0.717, 1.165) is 31.6 Å². The van der Waals surface area contributed by atoms with Gasteiger partial charge in [0, 0.05) is 24.6 Å². The molecule has 0 aliphatic heterocycles. The highest BCUT2D eigenvalue weighted by molar-refractivity contribution is 5.84. The van der Waals surface area contributed by atoms with E-state index in [9.17, 15) is 0 Å². The third-order valence-corrected chi connectivity index (χ3v) is 3.18. The van der Waals surface area contributed by atoms with Crippen molar-refractivity contribution in [3.63, 3.8) is 0 Å². The van der Waals surface area contributed by atoms with Crippen LogP contribution in [-0.2, 0) is 6.42 Å². The molecule has 93 valence electrons. The smallest absolute Gasteiger partial charge is 0.0148 e. The zero-order chi connectivity index (χ0) is 12.7. The van der Waals surface area contributed by atoms with Gasteiger partial charge in [-0.3, -0.25) is 0 Å². The van der Waals surface area contributed by atoms with Crippen molar-refractivity contribution in [2.75, 3.05) is 13.1 Å². The maximum Gasteiger partial charge on any atom is 0.0148 e. The molecule has 0 amide bonds. The van der Waals surface area contributed by atoms with E-state index in [1.165, 1.54) is 5.56 Å². The lowest BCUT2D eigenvalue weighted by atomic mass is 10.0. The lowest BCUT2D eigenvalue weighted by Crippen LogP contribution is -2.34. The molecular weight excluding hydrogens is 208 g/mol. The van der Waals surface area contributed by atoms with Gasteiger partial charge in [-0.2, -0.15) is 0 Å². The van der Waals surface area contributed by atoms with Crippen LogP contribution in [0, 0.1) is 11.5 Å². The fourth-order valence-electron chi connectivity index (χ4n) is 2.19. The maximum atomic E-state index is 8.06. The molecule has 0 aliphatic rings. The topological polar surface area (TPSA) is 27.1 Å². The van der Waals surface area contributed by atoms with Crippen LogP contribution in [0.4, 0.5) is 0 Å². The summed E-state index contributed by atoms with van der Waals surface area (Å²) in [5.41, 5.74) is 2.02. The van der Waals surface area contributed by atoms with Gasteiger partial charge in [-0.25, -0.2) is 0 Å². The summed E-state index contributed by atoms with van der Waals surface area (Å²) in [6, 6.07) is 11.4. The molecule has 17 heavy (non-hydrogen) atoms. The summed E-state index contributed by atoms with van der Waals surface area (Å²) in [7, 11) is 0. The van der Waals surface area contributed by atoms with Crippen LogP contribution >= 0.6 is 0 Å². The predicted molar refractivity (Wildman–Crippen MR) is 73.7 cm³/mol. The van der Waals surface area contributed by atoms with Gasteiger partial charge < -0.3 is 10.3 Å². The quantitative estimate of drug-likeness (QED) is 0.717. The SMILES string of the molecule is CCN(CC)C(C)CC(=N)Cc1cc[c]cc1. The van der Waals surface area contributed by atoms with Crippen LogP contribution in [-0.4, -0.2) is 29.7 Å². The third-order valence-electron chi connectivity index (χ3n) is 3.18. The van der Waals surface area contributed by atoms with Crippen LogP contribution in [0.5, 0.6) is 0 Å². The zero-order valence-electron chi connectivity index (χ0n) is 11.2. The van der Waals surface area contributed by atoms with Crippen molar-refractivity contribution in [2.45, 2.75) is 39.7 Å². The molecular formula is C15H23N2. The summed E-state index contributed by atoms with van der Waals surface area (Å²) in [6.07, 6.45) is 1.63. The van der Waals surface area contributed by atoms with E-state index in [0.29, 0.717) is 6.04 Å². The average Bonchev–Trinajstić information content (AvgIpc) is 2.31. The van der Waals surface area contributed by atoms with Crippen LogP contribution in [0.25, 0.3) is 0 Å². The Bertz CT molecular complexity index is 328. The summed E-state index contributed by atoms with van der Waals surface area (Å²) in [5, 5.41) is 8.06. The van der Waals surface area contributed by atoms with Crippen LogP contribution in [0.15, 0.2) is 24.3 Å². The van der Waals surface area contributed by atoms with Gasteiger partial charge in [0.2, 0.25) is 0 Å². The molecule has 1 rings (SSSR count). The van der Waals surface area contributed by atoms with Gasteiger partial charge in [0.15, 0.2) is 0 Å². The maximum absolute atomic E-state index is 8.06. The second-order valence-electron chi connectivity index (χ2n) is 4.46. The lowest BCUT2D eigenvalue weighted by molar-refractivity contribution is 0.236. The number of benzene rings is 1. The first-order valence-corrected chi connectivity index (χ1v) is 6.42. The lowest BCUT2D eigenvalue weighted by Gasteiger charge is -2.26. The number of hydrogen-bond donors (Lipinski definition) is 1. The minimum Gasteiger partial charge on any atom is -0.309 e. The molecule has 1 aromatic carbocycles. The first kappa shape index (κ1) is 13.9. The molecule has 0 bridgehead atoms. The molecule has 0 aromatic heterocycles. The largest absolute Gasteiger partial charge is 0.309 e. The number of nitrogens with one attached hydrogen (secondary N) is 1. The molecule has 1 unspecified atom stereocenters. The molecule has 1 radical (unpaired) electrons. The Morgan fingerprint density at radius 2 is 1.88 bits per heavy atom. The monoisotopic (exact) mass is 231 g/mol. The predicted octanol–water partition coefficient (Wildman–Crippen LogP) is 3.17. The molecule has 0 aliphatic carbocycles. The summed E-state index contributed by atoms with van der Waals surface area (Å²) in [4.78, 5) is 2.40. The van der Waals surface area contributed by atoms with Crippen LogP contribution in [0.2, 0.25) is 0 Å². The Hall–Kier alpha value is -1.15. The molecule has 0 spiro atoms. The zero-order valence-corrected chi connectivity index (χ0v) is 11.2. The minimum absolute atomic E-state index is 0.466. The summed E-state index contributed by atoms with van der Waals surface area (Å²) >= 11 is 0. The number of hydrogen-bond acceptors (Lipinski definition) is 2. The van der Waals surface area contributed by atoms with Gasteiger partial charge in [-0.1, -0.05) is 38.1 Å². The highest BCUT2D eigenvalue weighted by Crippen LogP contribution is 2.08. The second kappa shape index (κ2) is 7.23. The Labute approximate surface area is 105 Å². The first-order valence-electron chi connectivity index (χ1n) is 6.42. The first-order chi connectivity index (χ1) is 8.17. The van der Waals surface area contributed by atoms with E-state index >= 15 is 0 Å². The number of nitrogens with zero attached hydrogens (tertiary/aromatic N) is 1. The van der Waals surface area contributed by atoms with Crippen molar-refractivity contribution >= 4 is 5.71 Å². The Balaban J connectivity index is 2.44. The van der Waals surface area contributed by atoms with Crippen molar-refractivity contribution in [2.24, 2.45) is 0 Å². The summed E-state index contributed by atoms with van der Waals surface area (Å²) < 4.78 is 0. The van der Waals surface area contributed by atoms with Gasteiger partial charge in [0.1, 0.15) is 0 Å². The Kier molecular flexibility index (Phi) is 5.92. The molecule has 1 atom stereocenters. The van der Waals surface area contributed by atoms with Crippen molar-refractivity contribution < 1.29 is 0 Å². The average molecular weight is 231 g/mol. The van der Waals surface area contributed by atoms with Crippen molar-refractivity contribution in [1.29, 1.82) is 5.41 Å². The standard InChI is InChI=1S/C15H23N2/c1-4-17(5-2)13(3)11-15(16)12-14-9-7-6-8-10-14/h7-10,13,16H,4-5,11-12H2,1-3H3. The molecule has 1 aromatic rings. The van der Waals surface area contributed by atoms with Crippen molar-refractivity contribution in [3.05, 3.63) is 35.9 Å². The summed E-state index contributed by atoms with van der Waals surface area (Å²) in [6.45, 7) is 8.68. The van der Waals surface area contributed by atoms with E-state index in [4.69, 9.17) is 5.41 Å².